The zero-order chi connectivity index (χ0) is 16.1. The molecule has 0 aromatic heterocycles. The van der Waals surface area contributed by atoms with Crippen LogP contribution in [-0.4, -0.2) is 53.9 Å². The average molecular weight is 318 g/mol. The van der Waals surface area contributed by atoms with Crippen molar-refractivity contribution >= 4 is 5.91 Å². The topological polar surface area (TPSA) is 61.8 Å². The summed E-state index contributed by atoms with van der Waals surface area (Å²) in [6.45, 7) is 3.21. The van der Waals surface area contributed by atoms with E-state index in [0.717, 1.165) is 25.9 Å². The Labute approximate surface area is 137 Å². The smallest absolute Gasteiger partial charge is 0.237 e. The van der Waals surface area contributed by atoms with Crippen LogP contribution in [0.1, 0.15) is 31.2 Å². The van der Waals surface area contributed by atoms with Crippen LogP contribution >= 0.6 is 0 Å². The van der Waals surface area contributed by atoms with Crippen LogP contribution in [0.4, 0.5) is 0 Å². The number of amides is 1. The number of rotatable bonds is 5. The highest BCUT2D eigenvalue weighted by Gasteiger charge is 2.34. The van der Waals surface area contributed by atoms with Gasteiger partial charge in [0.15, 0.2) is 0 Å². The van der Waals surface area contributed by atoms with E-state index in [1.54, 1.807) is 0 Å². The van der Waals surface area contributed by atoms with Gasteiger partial charge in [0.25, 0.3) is 0 Å². The van der Waals surface area contributed by atoms with Crippen molar-refractivity contribution in [1.29, 1.82) is 0 Å². The SMILES string of the molecule is O=C(NCC1(O)CCOCC1)C1CCCN1Cc1ccccc1. The van der Waals surface area contributed by atoms with Crippen molar-refractivity contribution in [3.63, 3.8) is 0 Å². The van der Waals surface area contributed by atoms with E-state index < -0.39 is 5.60 Å². The second kappa shape index (κ2) is 7.43. The number of hydrogen-bond acceptors (Lipinski definition) is 4. The summed E-state index contributed by atoms with van der Waals surface area (Å²) in [5, 5.41) is 13.4. The van der Waals surface area contributed by atoms with Crippen molar-refractivity contribution in [2.45, 2.75) is 43.9 Å². The molecule has 0 bridgehead atoms. The molecule has 2 heterocycles. The second-order valence-corrected chi connectivity index (χ2v) is 6.67. The Bertz CT molecular complexity index is 514. The maximum absolute atomic E-state index is 12.5. The Kier molecular flexibility index (Phi) is 5.30. The van der Waals surface area contributed by atoms with E-state index in [4.69, 9.17) is 4.74 Å². The number of likely N-dealkylation sites (tertiary alicyclic amines) is 1. The Balaban J connectivity index is 1.53. The molecule has 2 N–H and O–H groups in total. The molecule has 126 valence electrons. The van der Waals surface area contributed by atoms with Gasteiger partial charge in [-0.25, -0.2) is 0 Å². The number of nitrogens with one attached hydrogen (secondary N) is 1. The molecule has 5 heteroatoms. The molecule has 2 aliphatic heterocycles. The van der Waals surface area contributed by atoms with Gasteiger partial charge in [-0.15, -0.1) is 0 Å². The van der Waals surface area contributed by atoms with Gasteiger partial charge in [-0.1, -0.05) is 30.3 Å². The van der Waals surface area contributed by atoms with Crippen LogP contribution in [-0.2, 0) is 16.1 Å². The summed E-state index contributed by atoms with van der Waals surface area (Å²) in [4.78, 5) is 14.8. The molecule has 1 aromatic rings. The van der Waals surface area contributed by atoms with Gasteiger partial charge >= 0.3 is 0 Å². The lowest BCUT2D eigenvalue weighted by molar-refractivity contribution is -0.128. The van der Waals surface area contributed by atoms with Gasteiger partial charge in [-0.3, -0.25) is 9.69 Å². The van der Waals surface area contributed by atoms with E-state index in [2.05, 4.69) is 22.3 Å². The minimum absolute atomic E-state index is 0.0401. The first kappa shape index (κ1) is 16.4. The summed E-state index contributed by atoms with van der Waals surface area (Å²) in [6, 6.07) is 10.2. The average Bonchev–Trinajstić information content (AvgIpc) is 3.03. The molecule has 1 amide bonds. The fourth-order valence-electron chi connectivity index (χ4n) is 3.43. The standard InChI is InChI=1S/C18H26N2O3/c21-17(19-14-18(22)8-11-23-12-9-18)16-7-4-10-20(16)13-15-5-2-1-3-6-15/h1-3,5-6,16,22H,4,7-14H2,(H,19,21). The summed E-state index contributed by atoms with van der Waals surface area (Å²) >= 11 is 0. The molecule has 0 radical (unpaired) electrons. The van der Waals surface area contributed by atoms with Crippen molar-refractivity contribution in [2.75, 3.05) is 26.3 Å². The summed E-state index contributed by atoms with van der Waals surface area (Å²) in [7, 11) is 0. The normalized spacial score (nSPS) is 24.5. The zero-order valence-corrected chi connectivity index (χ0v) is 13.5. The third-order valence-electron chi connectivity index (χ3n) is 4.91. The van der Waals surface area contributed by atoms with Crippen LogP contribution in [0.15, 0.2) is 30.3 Å². The second-order valence-electron chi connectivity index (χ2n) is 6.67. The lowest BCUT2D eigenvalue weighted by atomic mass is 9.94. The van der Waals surface area contributed by atoms with Crippen molar-refractivity contribution in [3.05, 3.63) is 35.9 Å². The maximum Gasteiger partial charge on any atom is 0.237 e. The predicted molar refractivity (Wildman–Crippen MR) is 87.9 cm³/mol. The molecule has 2 saturated heterocycles. The van der Waals surface area contributed by atoms with Crippen LogP contribution < -0.4 is 5.32 Å². The number of hydrogen-bond donors (Lipinski definition) is 2. The highest BCUT2D eigenvalue weighted by molar-refractivity contribution is 5.82. The van der Waals surface area contributed by atoms with Gasteiger partial charge in [0.2, 0.25) is 5.91 Å². The quantitative estimate of drug-likeness (QED) is 0.859. The van der Waals surface area contributed by atoms with E-state index in [1.807, 2.05) is 18.2 Å². The molecule has 0 spiro atoms. The molecule has 1 aromatic carbocycles. The van der Waals surface area contributed by atoms with Gasteiger partial charge in [0.05, 0.1) is 11.6 Å². The molecule has 23 heavy (non-hydrogen) atoms. The van der Waals surface area contributed by atoms with Crippen molar-refractivity contribution in [1.82, 2.24) is 10.2 Å². The minimum Gasteiger partial charge on any atom is -0.388 e. The Morgan fingerprint density at radius 3 is 2.78 bits per heavy atom. The number of carbonyl (C=O) groups is 1. The zero-order valence-electron chi connectivity index (χ0n) is 13.5. The lowest BCUT2D eigenvalue weighted by Crippen LogP contribution is -2.50. The summed E-state index contributed by atoms with van der Waals surface area (Å²) in [5.41, 5.74) is 0.423. The first-order chi connectivity index (χ1) is 11.2. The van der Waals surface area contributed by atoms with E-state index in [1.165, 1.54) is 5.56 Å². The van der Waals surface area contributed by atoms with Gasteiger partial charge in [-0.2, -0.15) is 0 Å². The Morgan fingerprint density at radius 2 is 2.04 bits per heavy atom. The predicted octanol–water partition coefficient (Wildman–Crippen LogP) is 1.31. The maximum atomic E-state index is 12.5. The number of aliphatic hydroxyl groups is 1. The van der Waals surface area contributed by atoms with Crippen molar-refractivity contribution in [3.8, 4) is 0 Å². The largest absolute Gasteiger partial charge is 0.388 e. The third-order valence-corrected chi connectivity index (χ3v) is 4.91. The summed E-state index contributed by atoms with van der Waals surface area (Å²) in [5.74, 6) is 0.0401. The number of ether oxygens (including phenoxy) is 1. The number of benzene rings is 1. The van der Waals surface area contributed by atoms with E-state index in [9.17, 15) is 9.90 Å². The molecular formula is C18H26N2O3. The highest BCUT2D eigenvalue weighted by Crippen LogP contribution is 2.22. The van der Waals surface area contributed by atoms with Crippen molar-refractivity contribution in [2.24, 2.45) is 0 Å². The van der Waals surface area contributed by atoms with E-state index in [0.29, 0.717) is 32.6 Å². The van der Waals surface area contributed by atoms with Crippen LogP contribution in [0.2, 0.25) is 0 Å². The first-order valence-corrected chi connectivity index (χ1v) is 8.52. The Morgan fingerprint density at radius 1 is 1.30 bits per heavy atom. The molecular weight excluding hydrogens is 292 g/mol. The molecule has 0 aliphatic carbocycles. The third kappa shape index (κ3) is 4.31. The molecule has 5 nitrogen and oxygen atoms in total. The van der Waals surface area contributed by atoms with Crippen LogP contribution in [0.25, 0.3) is 0 Å². The molecule has 1 atom stereocenters. The van der Waals surface area contributed by atoms with E-state index in [-0.39, 0.29) is 11.9 Å². The van der Waals surface area contributed by atoms with Crippen LogP contribution in [0.3, 0.4) is 0 Å². The Hall–Kier alpha value is -1.43. The first-order valence-electron chi connectivity index (χ1n) is 8.52. The molecule has 3 rings (SSSR count). The number of nitrogens with zero attached hydrogens (tertiary/aromatic N) is 1. The van der Waals surface area contributed by atoms with Gasteiger partial charge in [-0.05, 0) is 24.9 Å². The summed E-state index contributed by atoms with van der Waals surface area (Å²) < 4.78 is 5.27. The van der Waals surface area contributed by atoms with Crippen molar-refractivity contribution < 1.29 is 14.6 Å². The number of carbonyl (C=O) groups excluding carboxylic acids is 1. The fraction of sp³-hybridized carbons (Fsp3) is 0.611. The minimum atomic E-state index is -0.809. The van der Waals surface area contributed by atoms with E-state index >= 15 is 0 Å². The van der Waals surface area contributed by atoms with Crippen LogP contribution in [0, 0.1) is 0 Å². The fourth-order valence-corrected chi connectivity index (χ4v) is 3.43. The lowest BCUT2D eigenvalue weighted by Gasteiger charge is -2.33. The summed E-state index contributed by atoms with van der Waals surface area (Å²) in [6.07, 6.45) is 3.11. The molecule has 2 aliphatic rings. The highest BCUT2D eigenvalue weighted by atomic mass is 16.5. The monoisotopic (exact) mass is 318 g/mol. The molecule has 2 fully saturated rings. The molecule has 0 saturated carbocycles. The van der Waals surface area contributed by atoms with Gasteiger partial charge in [0.1, 0.15) is 0 Å². The molecule has 1 unspecified atom stereocenters. The van der Waals surface area contributed by atoms with Crippen LogP contribution in [0.5, 0.6) is 0 Å². The van der Waals surface area contributed by atoms with Gasteiger partial charge in [0, 0.05) is 39.1 Å². The van der Waals surface area contributed by atoms with Gasteiger partial charge < -0.3 is 15.2 Å².